The van der Waals surface area contributed by atoms with E-state index in [2.05, 4.69) is 20.6 Å². The third kappa shape index (κ3) is 3.70. The van der Waals surface area contributed by atoms with Crippen molar-refractivity contribution in [2.24, 2.45) is 10.9 Å². The quantitative estimate of drug-likeness (QED) is 0.633. The van der Waals surface area contributed by atoms with E-state index in [1.807, 2.05) is 27.1 Å². The lowest BCUT2D eigenvalue weighted by Crippen LogP contribution is -2.45. The number of aromatic nitrogens is 2. The zero-order valence-corrected chi connectivity index (χ0v) is 16.0. The first-order valence-corrected chi connectivity index (χ1v) is 10.3. The fraction of sp³-hybridized carbons (Fsp3) is 0.611. The number of thiazole rings is 1. The summed E-state index contributed by atoms with van der Waals surface area (Å²) in [5.74, 6) is 1.38. The first-order valence-electron chi connectivity index (χ1n) is 9.40. The first kappa shape index (κ1) is 17.3. The number of hydrogen-bond donors (Lipinski definition) is 2. The summed E-state index contributed by atoms with van der Waals surface area (Å²) in [4.78, 5) is 24.5. The number of fused-ring (bicyclic) bond motifs is 1. The second kappa shape index (κ2) is 7.65. The topological polar surface area (TPSA) is 74.0 Å². The van der Waals surface area contributed by atoms with E-state index in [0.717, 1.165) is 49.0 Å². The average Bonchev–Trinajstić information content (AvgIpc) is 3.42. The van der Waals surface area contributed by atoms with Crippen LogP contribution >= 0.6 is 11.3 Å². The highest BCUT2D eigenvalue weighted by Crippen LogP contribution is 2.27. The van der Waals surface area contributed by atoms with Crippen molar-refractivity contribution in [3.63, 3.8) is 0 Å². The molecule has 1 unspecified atom stereocenters. The van der Waals surface area contributed by atoms with Crippen LogP contribution in [0, 0.1) is 5.92 Å². The van der Waals surface area contributed by atoms with Gasteiger partial charge in [0.05, 0.1) is 12.2 Å². The molecule has 2 aromatic heterocycles. The minimum Gasteiger partial charge on any atom is -0.352 e. The van der Waals surface area contributed by atoms with Gasteiger partial charge in [0.1, 0.15) is 0 Å². The highest BCUT2D eigenvalue weighted by atomic mass is 32.1. The number of nitrogens with zero attached hydrogens (tertiary/aromatic N) is 4. The van der Waals surface area contributed by atoms with Crippen LogP contribution < -0.4 is 10.6 Å². The maximum Gasteiger partial charge on any atom is 0.225 e. The number of guanidine groups is 1. The van der Waals surface area contributed by atoms with Crippen molar-refractivity contribution in [3.05, 3.63) is 23.5 Å². The summed E-state index contributed by atoms with van der Waals surface area (Å²) >= 11 is 1.63. The third-order valence-electron chi connectivity index (χ3n) is 5.35. The standard InChI is InChI=1S/C18H26N6OS/c1-19-17(20-10-15-12-24-8-9-26-18(24)22-15)21-14-6-7-23(11-14)16(25)13-4-2-3-5-13/h8-9,12-14H,2-7,10-11H2,1H3,(H2,19,20,21). The summed E-state index contributed by atoms with van der Waals surface area (Å²) in [6.07, 6.45) is 9.56. The Morgan fingerprint density at radius 1 is 1.38 bits per heavy atom. The highest BCUT2D eigenvalue weighted by Gasteiger charge is 2.32. The summed E-state index contributed by atoms with van der Waals surface area (Å²) in [5, 5.41) is 8.81. The van der Waals surface area contributed by atoms with Gasteiger partial charge in [0.2, 0.25) is 5.91 Å². The summed E-state index contributed by atoms with van der Waals surface area (Å²) in [5.41, 5.74) is 0.990. The smallest absolute Gasteiger partial charge is 0.225 e. The minimum absolute atomic E-state index is 0.261. The van der Waals surface area contributed by atoms with E-state index in [9.17, 15) is 4.79 Å². The van der Waals surface area contributed by atoms with Crippen LogP contribution in [0.4, 0.5) is 0 Å². The normalized spacial score (nSPS) is 21.7. The van der Waals surface area contributed by atoms with Crippen molar-refractivity contribution >= 4 is 28.2 Å². The lowest BCUT2D eigenvalue weighted by Gasteiger charge is -2.21. The molecule has 0 radical (unpaired) electrons. The van der Waals surface area contributed by atoms with Crippen molar-refractivity contribution in [2.75, 3.05) is 20.1 Å². The molecule has 3 heterocycles. The Morgan fingerprint density at radius 3 is 3.00 bits per heavy atom. The van der Waals surface area contributed by atoms with Gasteiger partial charge in [-0.2, -0.15) is 0 Å². The van der Waals surface area contributed by atoms with Crippen molar-refractivity contribution in [2.45, 2.75) is 44.7 Å². The molecule has 8 heteroatoms. The van der Waals surface area contributed by atoms with E-state index in [-0.39, 0.29) is 12.0 Å². The Labute approximate surface area is 157 Å². The van der Waals surface area contributed by atoms with Crippen molar-refractivity contribution < 1.29 is 4.79 Å². The maximum atomic E-state index is 12.6. The Bertz CT molecular complexity index is 762. The molecule has 1 aliphatic carbocycles. The van der Waals surface area contributed by atoms with Crippen LogP contribution in [0.15, 0.2) is 22.8 Å². The maximum absolute atomic E-state index is 12.6. The van der Waals surface area contributed by atoms with Crippen molar-refractivity contribution in [1.82, 2.24) is 24.9 Å². The fourth-order valence-electron chi connectivity index (χ4n) is 3.93. The van der Waals surface area contributed by atoms with Crippen LogP contribution in [0.25, 0.3) is 4.96 Å². The summed E-state index contributed by atoms with van der Waals surface area (Å²) < 4.78 is 2.03. The predicted molar refractivity (Wildman–Crippen MR) is 103 cm³/mol. The molecule has 2 fully saturated rings. The number of aliphatic imine (C=N–C) groups is 1. The molecular weight excluding hydrogens is 348 g/mol. The highest BCUT2D eigenvalue weighted by molar-refractivity contribution is 7.15. The number of rotatable bonds is 4. The number of carbonyl (C=O) groups excluding carboxylic acids is 1. The summed E-state index contributed by atoms with van der Waals surface area (Å²) in [6.45, 7) is 2.25. The molecule has 4 rings (SSSR count). The van der Waals surface area contributed by atoms with E-state index in [4.69, 9.17) is 0 Å². The van der Waals surface area contributed by atoms with E-state index >= 15 is 0 Å². The molecule has 0 aromatic carbocycles. The van der Waals surface area contributed by atoms with Crippen molar-refractivity contribution in [3.8, 4) is 0 Å². The predicted octanol–water partition coefficient (Wildman–Crippen LogP) is 1.85. The molecule has 2 N–H and O–H groups in total. The molecule has 1 aliphatic heterocycles. The SMILES string of the molecule is CN=C(NCc1cn2ccsc2n1)NC1CCN(C(=O)C2CCCC2)C1. The molecular formula is C18H26N6OS. The average molecular weight is 375 g/mol. The lowest BCUT2D eigenvalue weighted by atomic mass is 10.1. The number of likely N-dealkylation sites (tertiary alicyclic amines) is 1. The van der Waals surface area contributed by atoms with Gasteiger partial charge in [-0.1, -0.05) is 12.8 Å². The van der Waals surface area contributed by atoms with Gasteiger partial charge in [-0.3, -0.25) is 14.2 Å². The van der Waals surface area contributed by atoms with Gasteiger partial charge in [-0.05, 0) is 19.3 Å². The van der Waals surface area contributed by atoms with E-state index in [1.165, 1.54) is 12.8 Å². The molecule has 0 spiro atoms. The molecule has 2 aliphatic rings. The minimum atomic E-state index is 0.261. The Morgan fingerprint density at radius 2 is 2.23 bits per heavy atom. The Hall–Kier alpha value is -2.09. The van der Waals surface area contributed by atoms with Gasteiger partial charge < -0.3 is 15.5 Å². The molecule has 26 heavy (non-hydrogen) atoms. The molecule has 2 aromatic rings. The Balaban J connectivity index is 1.27. The zero-order chi connectivity index (χ0) is 17.9. The van der Waals surface area contributed by atoms with E-state index < -0.39 is 0 Å². The van der Waals surface area contributed by atoms with Gasteiger partial charge in [0.15, 0.2) is 10.9 Å². The second-order valence-corrected chi connectivity index (χ2v) is 8.02. The van der Waals surface area contributed by atoms with Gasteiger partial charge in [0, 0.05) is 49.9 Å². The van der Waals surface area contributed by atoms with E-state index in [1.54, 1.807) is 18.4 Å². The molecule has 0 bridgehead atoms. The third-order valence-corrected chi connectivity index (χ3v) is 6.12. The van der Waals surface area contributed by atoms with Gasteiger partial charge in [-0.25, -0.2) is 4.98 Å². The second-order valence-electron chi connectivity index (χ2n) is 7.15. The van der Waals surface area contributed by atoms with Crippen LogP contribution in [0.2, 0.25) is 0 Å². The van der Waals surface area contributed by atoms with Crippen LogP contribution in [0.3, 0.4) is 0 Å². The van der Waals surface area contributed by atoms with Gasteiger partial charge >= 0.3 is 0 Å². The van der Waals surface area contributed by atoms with Crippen LogP contribution in [0.1, 0.15) is 37.8 Å². The fourth-order valence-corrected chi connectivity index (χ4v) is 4.65. The molecule has 1 atom stereocenters. The zero-order valence-electron chi connectivity index (χ0n) is 15.1. The molecule has 7 nitrogen and oxygen atoms in total. The van der Waals surface area contributed by atoms with Gasteiger partial charge in [0.25, 0.3) is 0 Å². The molecule has 1 saturated carbocycles. The van der Waals surface area contributed by atoms with E-state index in [0.29, 0.717) is 12.5 Å². The van der Waals surface area contributed by atoms with Crippen LogP contribution in [-0.4, -0.2) is 52.3 Å². The number of hydrogen-bond acceptors (Lipinski definition) is 4. The number of imidazole rings is 1. The largest absolute Gasteiger partial charge is 0.352 e. The van der Waals surface area contributed by atoms with Crippen LogP contribution in [-0.2, 0) is 11.3 Å². The summed E-state index contributed by atoms with van der Waals surface area (Å²) in [7, 11) is 1.78. The Kier molecular flexibility index (Phi) is 5.10. The molecule has 140 valence electrons. The number of amides is 1. The van der Waals surface area contributed by atoms with Crippen molar-refractivity contribution in [1.29, 1.82) is 0 Å². The number of nitrogens with one attached hydrogen (secondary N) is 2. The van der Waals surface area contributed by atoms with Crippen LogP contribution in [0.5, 0.6) is 0 Å². The molecule has 1 amide bonds. The first-order chi connectivity index (χ1) is 12.7. The summed E-state index contributed by atoms with van der Waals surface area (Å²) in [6, 6.07) is 0.261. The van der Waals surface area contributed by atoms with Gasteiger partial charge in [-0.15, -0.1) is 11.3 Å². The molecule has 1 saturated heterocycles. The monoisotopic (exact) mass is 374 g/mol. The number of carbonyl (C=O) groups is 1. The lowest BCUT2D eigenvalue weighted by molar-refractivity contribution is -0.134.